The van der Waals surface area contributed by atoms with Crippen molar-refractivity contribution in [1.29, 1.82) is 0 Å². The molecule has 4 aromatic carbocycles. The fourth-order valence-electron chi connectivity index (χ4n) is 12.5. The van der Waals surface area contributed by atoms with Crippen LogP contribution in [-0.4, -0.2) is 274 Å². The van der Waals surface area contributed by atoms with Gasteiger partial charge in [0.15, 0.2) is 46.0 Å². The van der Waals surface area contributed by atoms with Crippen molar-refractivity contribution in [3.05, 3.63) is 143 Å². The number of hydrogen-bond acceptors (Lipinski definition) is 30. The summed E-state index contributed by atoms with van der Waals surface area (Å²) in [6.45, 7) is 16.9. The first-order valence-corrected chi connectivity index (χ1v) is 43.2. The van der Waals surface area contributed by atoms with E-state index in [0.29, 0.717) is 255 Å². The Morgan fingerprint density at radius 2 is 0.512 bits per heavy atom. The molecular formula is C85H124B4N12O22. The first-order chi connectivity index (χ1) is 60.1. The van der Waals surface area contributed by atoms with Gasteiger partial charge in [-0.15, -0.1) is 20.4 Å². The minimum Gasteiger partial charge on any atom is -0.490 e. The number of carbonyl (C=O) groups is 4. The van der Waals surface area contributed by atoms with E-state index in [4.69, 9.17) is 85.3 Å². The number of aryl methyl sites for hydroxylation is 6. The lowest BCUT2D eigenvalue weighted by Gasteiger charge is -2.33. The van der Waals surface area contributed by atoms with Crippen LogP contribution >= 0.6 is 0 Å². The standard InChI is InChI=1S/C85H124B4N12O22/c1-65(102)120-77-21-17-69(53-86)49-81(77)116-35-5-13-73-57-98(94-90-73)25-9-29-106-41-43-108-31-11-33-112-61-85(63-114-47-45-110-39-27-100-59-75(92-96-100)15-7-37-118-83-51-71(55-88)19-23-79(83)122-67(3)104,64-115-48-46-111-40-28-101-60-76(93-97-101)16-8-38-119-84-52-72(56-89)20-24-80(84)123-68(4)105)62-113-34-12-32-109-44-42-107-30-10-26-99-58-74(91-95-99)14-6-36-117-82-50-70(54-87)18-22-78(82)121-66(2)103/h17-24,49-52,57-60H,5-16,25-48,53-56,61-64,86-89H2,1-4H3. The Hall–Kier alpha value is -9.62. The molecule has 0 N–H and O–H groups in total. The molecule has 0 saturated carbocycles. The maximum atomic E-state index is 11.7. The Kier molecular flexibility index (Phi) is 47.0. The van der Waals surface area contributed by atoms with Gasteiger partial charge in [-0.1, -0.05) is 92.7 Å². The Balaban J connectivity index is 0.774. The SMILES string of the molecule is BCc1ccc(OC(C)=O)c(OCCCc2cn(CCCOCCOCCCOCC(COCCCOCCOCCCn3cc(CCCOc4cc(CB)ccc4OC(C)=O)nn3)(COCCOCCn3cc(CCCOc4cc(CB)ccc4OC(C)=O)nn3)COCCOCCn3cc(CCCOc4cc(CB)ccc4OC(C)=O)nn3)nn2)c1. The van der Waals surface area contributed by atoms with Crippen molar-refractivity contribution >= 4 is 55.3 Å². The maximum Gasteiger partial charge on any atom is 0.308 e. The number of benzene rings is 4. The van der Waals surface area contributed by atoms with Crippen LogP contribution in [0, 0.1) is 5.41 Å². The Labute approximate surface area is 725 Å². The number of esters is 4. The van der Waals surface area contributed by atoms with E-state index < -0.39 is 29.3 Å². The van der Waals surface area contributed by atoms with E-state index in [0.717, 1.165) is 83.2 Å². The van der Waals surface area contributed by atoms with Crippen molar-refractivity contribution in [2.75, 3.05) is 159 Å². The molecule has 0 amide bonds. The molecule has 0 atom stereocenters. The van der Waals surface area contributed by atoms with Gasteiger partial charge in [0.05, 0.1) is 160 Å². The lowest BCUT2D eigenvalue weighted by molar-refractivity contribution is -0.132. The molecule has 0 unspecified atom stereocenters. The molecule has 8 rings (SSSR count). The number of carbonyl (C=O) groups excluding carboxylic acids is 4. The Bertz CT molecular complexity index is 4060. The highest BCUT2D eigenvalue weighted by atomic mass is 16.6. The van der Waals surface area contributed by atoms with Crippen LogP contribution in [0.3, 0.4) is 0 Å². The second kappa shape index (κ2) is 58.5. The van der Waals surface area contributed by atoms with Gasteiger partial charge in [-0.05, 0) is 126 Å². The number of ether oxygens (including phenoxy) is 18. The minimum absolute atomic E-state index is 0.237. The summed E-state index contributed by atoms with van der Waals surface area (Å²) in [5.41, 5.74) is 6.96. The van der Waals surface area contributed by atoms with E-state index in [1.807, 2.05) is 82.7 Å². The smallest absolute Gasteiger partial charge is 0.308 e. The summed E-state index contributed by atoms with van der Waals surface area (Å²) in [6, 6.07) is 22.4. The molecule has 0 radical (unpaired) electrons. The molecule has 34 nitrogen and oxygen atoms in total. The second-order valence-corrected chi connectivity index (χ2v) is 29.4. The predicted octanol–water partition coefficient (Wildman–Crippen LogP) is 5.15. The third kappa shape index (κ3) is 40.3. The summed E-state index contributed by atoms with van der Waals surface area (Å²) in [7, 11) is 8.23. The van der Waals surface area contributed by atoms with Crippen LogP contribution in [0.1, 0.15) is 124 Å². The highest BCUT2D eigenvalue weighted by molar-refractivity contribution is 6.09. The first-order valence-electron chi connectivity index (χ1n) is 43.2. The van der Waals surface area contributed by atoms with E-state index in [9.17, 15) is 19.2 Å². The molecule has 668 valence electrons. The van der Waals surface area contributed by atoms with Gasteiger partial charge in [-0.3, -0.25) is 28.5 Å². The molecule has 38 heteroatoms. The summed E-state index contributed by atoms with van der Waals surface area (Å²) >= 11 is 0. The van der Waals surface area contributed by atoms with Crippen LogP contribution in [0.2, 0.25) is 0 Å². The maximum absolute atomic E-state index is 11.7. The normalized spacial score (nSPS) is 11.5. The van der Waals surface area contributed by atoms with E-state index in [1.54, 1.807) is 33.6 Å². The zero-order valence-electron chi connectivity index (χ0n) is 73.2. The number of hydrogen-bond donors (Lipinski definition) is 0. The fraction of sp³-hybridized carbons (Fsp3) is 0.576. The van der Waals surface area contributed by atoms with Gasteiger partial charge in [0.1, 0.15) is 31.4 Å². The van der Waals surface area contributed by atoms with Crippen LogP contribution in [0.15, 0.2) is 97.6 Å². The average Bonchev–Trinajstić information content (AvgIpc) is 1.10. The van der Waals surface area contributed by atoms with Gasteiger partial charge in [-0.2, -0.15) is 0 Å². The molecule has 0 aliphatic rings. The molecular weight excluding hydrogens is 1580 g/mol. The molecule has 4 aromatic heterocycles. The zero-order chi connectivity index (χ0) is 87.2. The van der Waals surface area contributed by atoms with Gasteiger partial charge in [0, 0.05) is 105 Å². The molecule has 0 spiro atoms. The van der Waals surface area contributed by atoms with Crippen molar-refractivity contribution in [2.24, 2.45) is 5.41 Å². The molecule has 123 heavy (non-hydrogen) atoms. The highest BCUT2D eigenvalue weighted by Crippen LogP contribution is 2.33. The quantitative estimate of drug-likeness (QED) is 0.0206. The summed E-state index contributed by atoms with van der Waals surface area (Å²) in [5.74, 6) is 2.16. The minimum atomic E-state index is -0.741. The summed E-state index contributed by atoms with van der Waals surface area (Å²) in [4.78, 5) is 46.7. The van der Waals surface area contributed by atoms with E-state index >= 15 is 0 Å². The predicted molar refractivity (Wildman–Crippen MR) is 464 cm³/mol. The summed E-state index contributed by atoms with van der Waals surface area (Å²) < 4.78 is 114. The Morgan fingerprint density at radius 1 is 0.276 bits per heavy atom. The van der Waals surface area contributed by atoms with E-state index in [1.165, 1.54) is 27.7 Å². The number of aromatic nitrogens is 12. The van der Waals surface area contributed by atoms with Gasteiger partial charge >= 0.3 is 23.9 Å². The van der Waals surface area contributed by atoms with Crippen LogP contribution < -0.4 is 37.9 Å². The average molecular weight is 1710 g/mol. The fourth-order valence-corrected chi connectivity index (χ4v) is 12.5. The molecule has 8 aromatic rings. The molecule has 0 aliphatic carbocycles. The van der Waals surface area contributed by atoms with Crippen LogP contribution in [0.5, 0.6) is 46.0 Å². The van der Waals surface area contributed by atoms with E-state index in [-0.39, 0.29) is 39.6 Å². The summed E-state index contributed by atoms with van der Waals surface area (Å²) in [6.07, 6.45) is 19.2. The number of rotatable bonds is 70. The zero-order valence-corrected chi connectivity index (χ0v) is 73.2. The highest BCUT2D eigenvalue weighted by Gasteiger charge is 2.33. The van der Waals surface area contributed by atoms with Crippen LogP contribution in [-0.2, 0) is 144 Å². The molecule has 0 aliphatic heterocycles. The van der Waals surface area contributed by atoms with Gasteiger partial charge < -0.3 is 85.3 Å². The van der Waals surface area contributed by atoms with Crippen LogP contribution in [0.4, 0.5) is 0 Å². The van der Waals surface area contributed by atoms with Crippen molar-refractivity contribution < 1.29 is 104 Å². The third-order valence-electron chi connectivity index (χ3n) is 18.9. The van der Waals surface area contributed by atoms with Gasteiger partial charge in [0.2, 0.25) is 0 Å². The lowest BCUT2D eigenvalue weighted by Crippen LogP contribution is -2.42. The topological polar surface area (TPSA) is 357 Å². The second-order valence-electron chi connectivity index (χ2n) is 29.4. The van der Waals surface area contributed by atoms with Crippen molar-refractivity contribution in [1.82, 2.24) is 60.0 Å². The molecule has 0 bridgehead atoms. The summed E-state index contributed by atoms with van der Waals surface area (Å²) in [5, 5.41) is 34.6. The van der Waals surface area contributed by atoms with Crippen LogP contribution in [0.25, 0.3) is 0 Å². The molecule has 4 heterocycles. The monoisotopic (exact) mass is 1710 g/mol. The largest absolute Gasteiger partial charge is 0.490 e. The first kappa shape index (κ1) is 98.8. The Morgan fingerprint density at radius 3 is 0.780 bits per heavy atom. The molecule has 0 saturated heterocycles. The van der Waals surface area contributed by atoms with Crippen molar-refractivity contribution in [3.63, 3.8) is 0 Å². The molecule has 0 fully saturated rings. The van der Waals surface area contributed by atoms with Gasteiger partial charge in [0.25, 0.3) is 0 Å². The lowest BCUT2D eigenvalue weighted by atomic mass is 9.92. The van der Waals surface area contributed by atoms with E-state index in [2.05, 4.69) is 72.6 Å². The van der Waals surface area contributed by atoms with Crippen molar-refractivity contribution in [3.8, 4) is 46.0 Å². The third-order valence-corrected chi connectivity index (χ3v) is 18.9. The van der Waals surface area contributed by atoms with Gasteiger partial charge in [-0.25, -0.2) is 9.36 Å². The van der Waals surface area contributed by atoms with Crippen molar-refractivity contribution in [2.45, 2.75) is 156 Å². The number of nitrogens with zero attached hydrogens (tertiary/aromatic N) is 12.